The number of nitrogens with one attached hydrogen (secondary N) is 1. The van der Waals surface area contributed by atoms with Crippen LogP contribution in [0.3, 0.4) is 0 Å². The normalized spacial score (nSPS) is 12.9. The average molecular weight is 229 g/mol. The zero-order chi connectivity index (χ0) is 12.1. The lowest BCUT2D eigenvalue weighted by Crippen LogP contribution is -2.24. The third-order valence-electron chi connectivity index (χ3n) is 2.90. The predicted molar refractivity (Wildman–Crippen MR) is 71.9 cm³/mol. The number of hydrogen-bond acceptors (Lipinski definition) is 2. The van der Waals surface area contributed by atoms with Crippen LogP contribution >= 0.6 is 0 Å². The van der Waals surface area contributed by atoms with E-state index in [-0.39, 0.29) is 0 Å². The highest BCUT2D eigenvalue weighted by molar-refractivity contribution is 4.56. The van der Waals surface area contributed by atoms with Crippen molar-refractivity contribution < 1.29 is 4.74 Å². The summed E-state index contributed by atoms with van der Waals surface area (Å²) in [7, 11) is 1.77. The van der Waals surface area contributed by atoms with E-state index in [1.54, 1.807) is 7.11 Å². The third kappa shape index (κ3) is 12.0. The van der Waals surface area contributed by atoms with E-state index >= 15 is 0 Å². The zero-order valence-corrected chi connectivity index (χ0v) is 11.6. The van der Waals surface area contributed by atoms with E-state index in [4.69, 9.17) is 4.74 Å². The molecule has 0 aromatic heterocycles. The Bertz CT molecular complexity index is 128. The smallest absolute Gasteiger partial charge is 0.0499 e. The maximum absolute atomic E-state index is 5.10. The molecule has 0 aliphatic rings. The number of ether oxygens (including phenoxy) is 1. The molecule has 0 radical (unpaired) electrons. The predicted octanol–water partition coefficient (Wildman–Crippen LogP) is 3.61. The van der Waals surface area contributed by atoms with Gasteiger partial charge in [0.15, 0.2) is 0 Å². The standard InChI is InChI=1S/C14H31NO/c1-4-5-6-7-8-9-10-11-15-12-14(2)13-16-3/h14-15H,4-13H2,1-3H3. The first-order valence-corrected chi connectivity index (χ1v) is 7.00. The van der Waals surface area contributed by atoms with Gasteiger partial charge in [-0.05, 0) is 25.4 Å². The topological polar surface area (TPSA) is 21.3 Å². The van der Waals surface area contributed by atoms with Crippen LogP contribution in [0.4, 0.5) is 0 Å². The van der Waals surface area contributed by atoms with Gasteiger partial charge in [0, 0.05) is 13.7 Å². The van der Waals surface area contributed by atoms with Crippen molar-refractivity contribution in [2.24, 2.45) is 5.92 Å². The van der Waals surface area contributed by atoms with E-state index < -0.39 is 0 Å². The summed E-state index contributed by atoms with van der Waals surface area (Å²) < 4.78 is 5.10. The summed E-state index contributed by atoms with van der Waals surface area (Å²) in [6, 6.07) is 0. The summed E-state index contributed by atoms with van der Waals surface area (Å²) in [5.74, 6) is 0.634. The van der Waals surface area contributed by atoms with Crippen LogP contribution in [0.5, 0.6) is 0 Å². The molecule has 16 heavy (non-hydrogen) atoms. The van der Waals surface area contributed by atoms with Crippen LogP contribution in [0.1, 0.15) is 58.8 Å². The number of hydrogen-bond donors (Lipinski definition) is 1. The van der Waals surface area contributed by atoms with Gasteiger partial charge < -0.3 is 10.1 Å². The molecule has 0 spiro atoms. The fraction of sp³-hybridized carbons (Fsp3) is 1.00. The quantitative estimate of drug-likeness (QED) is 0.516. The Balaban J connectivity index is 2.98. The molecule has 0 amide bonds. The molecule has 1 unspecified atom stereocenters. The van der Waals surface area contributed by atoms with Gasteiger partial charge in [-0.2, -0.15) is 0 Å². The lowest BCUT2D eigenvalue weighted by molar-refractivity contribution is 0.158. The van der Waals surface area contributed by atoms with Gasteiger partial charge in [-0.3, -0.25) is 0 Å². The van der Waals surface area contributed by atoms with Gasteiger partial charge in [-0.1, -0.05) is 52.4 Å². The fourth-order valence-electron chi connectivity index (χ4n) is 1.90. The van der Waals surface area contributed by atoms with Crippen molar-refractivity contribution in [1.29, 1.82) is 0 Å². The monoisotopic (exact) mass is 229 g/mol. The van der Waals surface area contributed by atoms with Crippen molar-refractivity contribution in [1.82, 2.24) is 5.32 Å². The average Bonchev–Trinajstić information content (AvgIpc) is 2.27. The van der Waals surface area contributed by atoms with Gasteiger partial charge in [0.25, 0.3) is 0 Å². The van der Waals surface area contributed by atoms with Crippen LogP contribution in [0, 0.1) is 5.92 Å². The van der Waals surface area contributed by atoms with Crippen molar-refractivity contribution in [3.05, 3.63) is 0 Å². The Kier molecular flexibility index (Phi) is 12.9. The molecule has 0 heterocycles. The molecular formula is C14H31NO. The SMILES string of the molecule is CCCCCCCCCNCC(C)COC. The first-order chi connectivity index (χ1) is 7.81. The molecule has 1 N–H and O–H groups in total. The first kappa shape index (κ1) is 15.9. The molecule has 0 aliphatic carbocycles. The first-order valence-electron chi connectivity index (χ1n) is 7.00. The molecule has 2 nitrogen and oxygen atoms in total. The number of methoxy groups -OCH3 is 1. The van der Waals surface area contributed by atoms with E-state index in [2.05, 4.69) is 19.2 Å². The third-order valence-corrected chi connectivity index (χ3v) is 2.90. The van der Waals surface area contributed by atoms with Crippen molar-refractivity contribution in [3.8, 4) is 0 Å². The Labute approximate surface area is 102 Å². The minimum absolute atomic E-state index is 0.634. The van der Waals surface area contributed by atoms with E-state index in [9.17, 15) is 0 Å². The van der Waals surface area contributed by atoms with E-state index in [1.807, 2.05) is 0 Å². The summed E-state index contributed by atoms with van der Waals surface area (Å²) in [5, 5.41) is 3.49. The Morgan fingerprint density at radius 3 is 2.25 bits per heavy atom. The number of unbranched alkanes of at least 4 members (excludes halogenated alkanes) is 6. The second-order valence-electron chi connectivity index (χ2n) is 4.89. The number of rotatable bonds is 12. The second kappa shape index (κ2) is 13.0. The highest BCUT2D eigenvalue weighted by Crippen LogP contribution is 2.06. The van der Waals surface area contributed by atoms with Crippen LogP contribution in [0.25, 0.3) is 0 Å². The van der Waals surface area contributed by atoms with Crippen LogP contribution in [0.15, 0.2) is 0 Å². The molecule has 0 aliphatic heterocycles. The molecule has 0 bridgehead atoms. The van der Waals surface area contributed by atoms with Crippen molar-refractivity contribution in [2.75, 3.05) is 26.8 Å². The maximum Gasteiger partial charge on any atom is 0.0499 e. The molecule has 2 heteroatoms. The molecule has 0 rings (SSSR count). The minimum atomic E-state index is 0.634. The van der Waals surface area contributed by atoms with E-state index in [1.165, 1.54) is 51.5 Å². The Hall–Kier alpha value is -0.0800. The molecule has 1 atom stereocenters. The lowest BCUT2D eigenvalue weighted by atomic mass is 10.1. The summed E-state index contributed by atoms with van der Waals surface area (Å²) in [5.41, 5.74) is 0. The van der Waals surface area contributed by atoms with Gasteiger partial charge in [0.05, 0.1) is 0 Å². The van der Waals surface area contributed by atoms with Gasteiger partial charge in [-0.15, -0.1) is 0 Å². The maximum atomic E-state index is 5.10. The van der Waals surface area contributed by atoms with Crippen molar-refractivity contribution in [2.45, 2.75) is 58.8 Å². The second-order valence-corrected chi connectivity index (χ2v) is 4.89. The van der Waals surface area contributed by atoms with Crippen LogP contribution in [-0.2, 0) is 4.74 Å². The van der Waals surface area contributed by atoms with Crippen LogP contribution in [0.2, 0.25) is 0 Å². The largest absolute Gasteiger partial charge is 0.384 e. The van der Waals surface area contributed by atoms with Crippen LogP contribution < -0.4 is 5.32 Å². The van der Waals surface area contributed by atoms with Crippen molar-refractivity contribution in [3.63, 3.8) is 0 Å². The Morgan fingerprint density at radius 1 is 1.00 bits per heavy atom. The lowest BCUT2D eigenvalue weighted by Gasteiger charge is -2.11. The molecule has 0 aromatic rings. The van der Waals surface area contributed by atoms with Gasteiger partial charge in [-0.25, -0.2) is 0 Å². The highest BCUT2D eigenvalue weighted by atomic mass is 16.5. The van der Waals surface area contributed by atoms with Gasteiger partial charge >= 0.3 is 0 Å². The molecule has 0 saturated heterocycles. The van der Waals surface area contributed by atoms with Gasteiger partial charge in [0.1, 0.15) is 0 Å². The van der Waals surface area contributed by atoms with Gasteiger partial charge in [0.2, 0.25) is 0 Å². The molecule has 0 saturated carbocycles. The summed E-state index contributed by atoms with van der Waals surface area (Å²) in [6.45, 7) is 7.61. The zero-order valence-electron chi connectivity index (χ0n) is 11.6. The van der Waals surface area contributed by atoms with E-state index in [0.717, 1.165) is 13.2 Å². The Morgan fingerprint density at radius 2 is 1.62 bits per heavy atom. The molecule has 98 valence electrons. The minimum Gasteiger partial charge on any atom is -0.384 e. The van der Waals surface area contributed by atoms with Crippen molar-refractivity contribution >= 4 is 0 Å². The molecule has 0 fully saturated rings. The summed E-state index contributed by atoms with van der Waals surface area (Å²) >= 11 is 0. The van der Waals surface area contributed by atoms with E-state index in [0.29, 0.717) is 5.92 Å². The van der Waals surface area contributed by atoms with Crippen LogP contribution in [-0.4, -0.2) is 26.8 Å². The fourth-order valence-corrected chi connectivity index (χ4v) is 1.90. The highest BCUT2D eigenvalue weighted by Gasteiger charge is 1.99. The summed E-state index contributed by atoms with van der Waals surface area (Å²) in [6.07, 6.45) is 9.73. The summed E-state index contributed by atoms with van der Waals surface area (Å²) in [4.78, 5) is 0. The molecular weight excluding hydrogens is 198 g/mol. The molecule has 0 aromatic carbocycles.